The monoisotopic (exact) mass is 321 g/mol. The van der Waals surface area contributed by atoms with E-state index in [1.165, 1.54) is 29.0 Å². The summed E-state index contributed by atoms with van der Waals surface area (Å²) in [5.74, 6) is 0. The Labute approximate surface area is 121 Å². The Bertz CT molecular complexity index is 488. The fraction of sp³-hybridized carbons (Fsp3) is 0.333. The van der Waals surface area contributed by atoms with E-state index >= 15 is 0 Å². The Morgan fingerprint density at radius 1 is 1.17 bits per heavy atom. The number of thiophene rings is 1. The van der Waals surface area contributed by atoms with Gasteiger partial charge in [0.2, 0.25) is 0 Å². The zero-order chi connectivity index (χ0) is 12.4. The van der Waals surface area contributed by atoms with Gasteiger partial charge in [-0.3, -0.25) is 0 Å². The molecule has 0 atom stereocenters. The number of hydrogen-bond donors (Lipinski definition) is 0. The topological polar surface area (TPSA) is 3.24 Å². The van der Waals surface area contributed by atoms with Crippen molar-refractivity contribution in [1.29, 1.82) is 0 Å². The average molecular weight is 322 g/mol. The van der Waals surface area contributed by atoms with Crippen LogP contribution >= 0.6 is 27.3 Å². The van der Waals surface area contributed by atoms with Crippen LogP contribution in [0.5, 0.6) is 0 Å². The van der Waals surface area contributed by atoms with Gasteiger partial charge in [0.05, 0.1) is 6.54 Å². The summed E-state index contributed by atoms with van der Waals surface area (Å²) in [7, 11) is 0. The van der Waals surface area contributed by atoms with Gasteiger partial charge in [0.15, 0.2) is 0 Å². The summed E-state index contributed by atoms with van der Waals surface area (Å²) >= 11 is 5.35. The number of benzene rings is 1. The van der Waals surface area contributed by atoms with Crippen LogP contribution in [-0.2, 0) is 11.9 Å². The number of alkyl halides is 1. The molecule has 0 unspecified atom stereocenters. The smallest absolute Gasteiger partial charge is 0.0525 e. The third kappa shape index (κ3) is 2.78. The molecule has 0 N–H and O–H groups in total. The van der Waals surface area contributed by atoms with E-state index in [1.807, 2.05) is 11.3 Å². The highest BCUT2D eigenvalue weighted by atomic mass is 79.9. The third-order valence-electron chi connectivity index (χ3n) is 3.32. The summed E-state index contributed by atoms with van der Waals surface area (Å²) in [6.45, 7) is 1.05. The highest BCUT2D eigenvalue weighted by molar-refractivity contribution is 9.08. The molecule has 1 aromatic heterocycles. The molecule has 0 bridgehead atoms. The third-order valence-corrected chi connectivity index (χ3v) is 4.82. The molecule has 1 aliphatic rings. The fourth-order valence-electron chi connectivity index (χ4n) is 2.16. The van der Waals surface area contributed by atoms with Crippen molar-refractivity contribution in [3.8, 4) is 0 Å². The van der Waals surface area contributed by atoms with Crippen molar-refractivity contribution in [2.75, 3.05) is 4.90 Å². The van der Waals surface area contributed by atoms with Crippen molar-refractivity contribution in [1.82, 2.24) is 0 Å². The van der Waals surface area contributed by atoms with Gasteiger partial charge < -0.3 is 4.90 Å². The van der Waals surface area contributed by atoms with Crippen LogP contribution in [-0.4, -0.2) is 6.04 Å². The molecular weight excluding hydrogens is 306 g/mol. The van der Waals surface area contributed by atoms with Gasteiger partial charge in [-0.05, 0) is 42.0 Å². The van der Waals surface area contributed by atoms with Gasteiger partial charge in [0.25, 0.3) is 0 Å². The maximum absolute atomic E-state index is 3.50. The predicted octanol–water partition coefficient (Wildman–Crippen LogP) is 4.81. The van der Waals surface area contributed by atoms with Gasteiger partial charge in [-0.15, -0.1) is 11.3 Å². The summed E-state index contributed by atoms with van der Waals surface area (Å²) in [5.41, 5.74) is 2.70. The van der Waals surface area contributed by atoms with Crippen LogP contribution in [0.25, 0.3) is 0 Å². The lowest BCUT2D eigenvalue weighted by atomic mass is 10.2. The first-order valence-corrected chi connectivity index (χ1v) is 8.31. The van der Waals surface area contributed by atoms with Gasteiger partial charge in [-0.1, -0.05) is 34.1 Å². The van der Waals surface area contributed by atoms with Crippen LogP contribution in [0.3, 0.4) is 0 Å². The number of hydrogen-bond acceptors (Lipinski definition) is 2. The van der Waals surface area contributed by atoms with E-state index in [2.05, 4.69) is 62.6 Å². The summed E-state index contributed by atoms with van der Waals surface area (Å²) in [4.78, 5) is 4.00. The van der Waals surface area contributed by atoms with Crippen molar-refractivity contribution in [2.24, 2.45) is 0 Å². The summed E-state index contributed by atoms with van der Waals surface area (Å²) in [6, 6.07) is 14.1. The Balaban J connectivity index is 1.80. The quantitative estimate of drug-likeness (QED) is 0.714. The number of anilines is 1. The van der Waals surface area contributed by atoms with Crippen LogP contribution < -0.4 is 4.90 Å². The molecule has 0 saturated heterocycles. The molecule has 3 rings (SSSR count). The van der Waals surface area contributed by atoms with Gasteiger partial charge in [-0.2, -0.15) is 0 Å². The van der Waals surface area contributed by atoms with Gasteiger partial charge in [0, 0.05) is 21.9 Å². The second kappa shape index (κ2) is 5.45. The average Bonchev–Trinajstić information content (AvgIpc) is 3.13. The Hall–Kier alpha value is -0.800. The van der Waals surface area contributed by atoms with E-state index in [4.69, 9.17) is 0 Å². The second-order valence-electron chi connectivity index (χ2n) is 4.74. The lowest BCUT2D eigenvalue weighted by molar-refractivity contribution is 0.803. The van der Waals surface area contributed by atoms with E-state index in [9.17, 15) is 0 Å². The van der Waals surface area contributed by atoms with Crippen LogP contribution in [0, 0.1) is 0 Å². The largest absolute Gasteiger partial charge is 0.363 e. The van der Waals surface area contributed by atoms with Crippen molar-refractivity contribution < 1.29 is 0 Å². The molecule has 1 fully saturated rings. The molecule has 0 aliphatic heterocycles. The first-order valence-electron chi connectivity index (χ1n) is 6.31. The zero-order valence-electron chi connectivity index (χ0n) is 10.2. The minimum absolute atomic E-state index is 0.752. The van der Waals surface area contributed by atoms with Crippen LogP contribution in [0.1, 0.15) is 23.3 Å². The van der Waals surface area contributed by atoms with Gasteiger partial charge in [0.1, 0.15) is 0 Å². The summed E-state index contributed by atoms with van der Waals surface area (Å²) in [5, 5.41) is 3.09. The highest BCUT2D eigenvalue weighted by Gasteiger charge is 2.29. The molecule has 1 aliphatic carbocycles. The molecule has 2 aromatic rings. The lowest BCUT2D eigenvalue weighted by Gasteiger charge is -2.24. The Kier molecular flexibility index (Phi) is 3.71. The van der Waals surface area contributed by atoms with Crippen LogP contribution in [0.15, 0.2) is 41.8 Å². The molecule has 0 amide bonds. The lowest BCUT2D eigenvalue weighted by Crippen LogP contribution is -2.24. The van der Waals surface area contributed by atoms with E-state index in [0.717, 1.165) is 17.9 Å². The van der Waals surface area contributed by atoms with Crippen molar-refractivity contribution in [3.63, 3.8) is 0 Å². The first kappa shape index (κ1) is 12.2. The Morgan fingerprint density at radius 2 is 1.94 bits per heavy atom. The minimum Gasteiger partial charge on any atom is -0.363 e. The van der Waals surface area contributed by atoms with Crippen molar-refractivity contribution in [3.05, 3.63) is 52.2 Å². The molecule has 1 heterocycles. The molecule has 18 heavy (non-hydrogen) atoms. The van der Waals surface area contributed by atoms with Gasteiger partial charge >= 0.3 is 0 Å². The molecule has 1 aromatic carbocycles. The summed E-state index contributed by atoms with van der Waals surface area (Å²) in [6.07, 6.45) is 2.68. The molecular formula is C15H16BrNS. The highest BCUT2D eigenvalue weighted by Crippen LogP contribution is 2.33. The summed E-state index contributed by atoms with van der Waals surface area (Å²) < 4.78 is 0. The maximum Gasteiger partial charge on any atom is 0.0525 e. The number of halogens is 1. The first-order chi connectivity index (χ1) is 8.86. The predicted molar refractivity (Wildman–Crippen MR) is 82.6 cm³/mol. The molecule has 0 radical (unpaired) electrons. The number of rotatable bonds is 5. The number of nitrogens with zero attached hydrogens (tertiary/aromatic N) is 1. The van der Waals surface area contributed by atoms with E-state index in [-0.39, 0.29) is 0 Å². The SMILES string of the molecule is BrCc1ccc(N(Cc2cccs2)C2CC2)cc1. The fourth-order valence-corrected chi connectivity index (χ4v) is 3.24. The minimum atomic E-state index is 0.752. The van der Waals surface area contributed by atoms with Crippen molar-refractivity contribution >= 4 is 33.0 Å². The normalized spacial score (nSPS) is 14.7. The molecule has 0 spiro atoms. The molecule has 94 valence electrons. The maximum atomic E-state index is 3.50. The van der Waals surface area contributed by atoms with Crippen LogP contribution in [0.4, 0.5) is 5.69 Å². The standard InChI is InChI=1S/C15H16BrNS/c16-10-12-3-5-13(6-4-12)17(14-7-8-14)11-15-2-1-9-18-15/h1-6,9,14H,7-8,10-11H2. The molecule has 1 saturated carbocycles. The van der Waals surface area contributed by atoms with E-state index in [0.29, 0.717) is 0 Å². The zero-order valence-corrected chi connectivity index (χ0v) is 12.6. The van der Waals surface area contributed by atoms with Gasteiger partial charge in [-0.25, -0.2) is 0 Å². The second-order valence-corrected chi connectivity index (χ2v) is 6.33. The molecule has 1 nitrogen and oxygen atoms in total. The van der Waals surface area contributed by atoms with Crippen LogP contribution in [0.2, 0.25) is 0 Å². The Morgan fingerprint density at radius 3 is 2.50 bits per heavy atom. The van der Waals surface area contributed by atoms with E-state index < -0.39 is 0 Å². The molecule has 3 heteroatoms. The van der Waals surface area contributed by atoms with Crippen molar-refractivity contribution in [2.45, 2.75) is 30.8 Å². The van der Waals surface area contributed by atoms with E-state index in [1.54, 1.807) is 0 Å².